The van der Waals surface area contributed by atoms with Crippen LogP contribution in [0.15, 0.2) is 48.5 Å². The highest BCUT2D eigenvalue weighted by molar-refractivity contribution is 6.30. The van der Waals surface area contributed by atoms with E-state index in [0.717, 1.165) is 0 Å². The maximum atomic E-state index is 12.5. The molecule has 0 fully saturated rings. The van der Waals surface area contributed by atoms with Crippen LogP contribution in [0.5, 0.6) is 0 Å². The molecule has 0 radical (unpaired) electrons. The Morgan fingerprint density at radius 2 is 1.67 bits per heavy atom. The van der Waals surface area contributed by atoms with E-state index in [0.29, 0.717) is 22.0 Å². The van der Waals surface area contributed by atoms with Gasteiger partial charge in [0.05, 0.1) is 12.1 Å². The standard InChI is InChI=1S/C19H21ClN4O3/c1-12(2)22-19(27)24-17(25)11-21-16-6-4-3-5-15(16)18(26)23-14-9-7-13(20)8-10-14/h3-10,12,21H,11H2,1-2H3,(H,23,26)(H2,22,24,25,27). The summed E-state index contributed by atoms with van der Waals surface area (Å²) in [5.41, 5.74) is 1.44. The zero-order chi connectivity index (χ0) is 19.8. The fourth-order valence-corrected chi connectivity index (χ4v) is 2.34. The molecular formula is C19H21ClN4O3. The summed E-state index contributed by atoms with van der Waals surface area (Å²) in [4.78, 5) is 35.9. The predicted octanol–water partition coefficient (Wildman–Crippen LogP) is 3.24. The molecule has 0 saturated heterocycles. The van der Waals surface area contributed by atoms with Gasteiger partial charge in [-0.25, -0.2) is 4.79 Å². The Kier molecular flexibility index (Phi) is 7.19. The van der Waals surface area contributed by atoms with E-state index in [4.69, 9.17) is 11.6 Å². The summed E-state index contributed by atoms with van der Waals surface area (Å²) in [6.45, 7) is 3.42. The number of rotatable bonds is 6. The van der Waals surface area contributed by atoms with Crippen LogP contribution in [0.4, 0.5) is 16.2 Å². The maximum Gasteiger partial charge on any atom is 0.321 e. The highest BCUT2D eigenvalue weighted by atomic mass is 35.5. The second kappa shape index (κ2) is 9.59. The van der Waals surface area contributed by atoms with E-state index in [9.17, 15) is 14.4 Å². The van der Waals surface area contributed by atoms with Crippen molar-refractivity contribution in [3.05, 3.63) is 59.1 Å². The molecule has 2 rings (SSSR count). The smallest absolute Gasteiger partial charge is 0.321 e. The second-order valence-corrected chi connectivity index (χ2v) is 6.47. The first-order valence-electron chi connectivity index (χ1n) is 8.35. The van der Waals surface area contributed by atoms with Crippen molar-refractivity contribution in [3.8, 4) is 0 Å². The van der Waals surface area contributed by atoms with Crippen LogP contribution < -0.4 is 21.3 Å². The van der Waals surface area contributed by atoms with Crippen molar-refractivity contribution in [1.29, 1.82) is 0 Å². The van der Waals surface area contributed by atoms with E-state index >= 15 is 0 Å². The summed E-state index contributed by atoms with van der Waals surface area (Å²) < 4.78 is 0. The third-order valence-corrected chi connectivity index (χ3v) is 3.64. The van der Waals surface area contributed by atoms with Crippen LogP contribution in [0.1, 0.15) is 24.2 Å². The van der Waals surface area contributed by atoms with Gasteiger partial charge in [-0.1, -0.05) is 23.7 Å². The number of halogens is 1. The molecule has 0 heterocycles. The van der Waals surface area contributed by atoms with Crippen LogP contribution in [0.25, 0.3) is 0 Å². The summed E-state index contributed by atoms with van der Waals surface area (Å²) in [6.07, 6.45) is 0. The lowest BCUT2D eigenvalue weighted by molar-refractivity contribution is -0.118. The molecule has 2 aromatic rings. The lowest BCUT2D eigenvalue weighted by atomic mass is 10.1. The Hall–Kier alpha value is -3.06. The molecule has 0 aliphatic rings. The SMILES string of the molecule is CC(C)NC(=O)NC(=O)CNc1ccccc1C(=O)Nc1ccc(Cl)cc1. The van der Waals surface area contributed by atoms with Gasteiger partial charge >= 0.3 is 6.03 Å². The number of urea groups is 1. The molecule has 8 heteroatoms. The molecule has 4 amide bonds. The number of para-hydroxylation sites is 1. The van der Waals surface area contributed by atoms with Gasteiger partial charge in [-0.15, -0.1) is 0 Å². The molecule has 0 atom stereocenters. The van der Waals surface area contributed by atoms with Gasteiger partial charge in [-0.3, -0.25) is 14.9 Å². The second-order valence-electron chi connectivity index (χ2n) is 6.04. The van der Waals surface area contributed by atoms with E-state index < -0.39 is 11.9 Å². The van der Waals surface area contributed by atoms with Crippen molar-refractivity contribution >= 4 is 40.8 Å². The maximum absolute atomic E-state index is 12.5. The monoisotopic (exact) mass is 388 g/mol. The summed E-state index contributed by atoms with van der Waals surface area (Å²) in [6, 6.07) is 12.9. The zero-order valence-electron chi connectivity index (χ0n) is 15.0. The van der Waals surface area contributed by atoms with E-state index in [1.54, 1.807) is 62.4 Å². The molecule has 7 nitrogen and oxygen atoms in total. The molecule has 0 aliphatic carbocycles. The largest absolute Gasteiger partial charge is 0.375 e. The van der Waals surface area contributed by atoms with Gasteiger partial charge in [0.1, 0.15) is 0 Å². The van der Waals surface area contributed by atoms with Crippen molar-refractivity contribution in [2.75, 3.05) is 17.2 Å². The predicted molar refractivity (Wildman–Crippen MR) is 106 cm³/mol. The fraction of sp³-hybridized carbons (Fsp3) is 0.211. The van der Waals surface area contributed by atoms with Gasteiger partial charge in [-0.2, -0.15) is 0 Å². The minimum atomic E-state index is -0.564. The molecule has 0 unspecified atom stereocenters. The molecule has 0 bridgehead atoms. The van der Waals surface area contributed by atoms with Crippen LogP contribution in [0.2, 0.25) is 5.02 Å². The lowest BCUT2D eigenvalue weighted by Crippen LogP contribution is -2.44. The Morgan fingerprint density at radius 1 is 1.00 bits per heavy atom. The van der Waals surface area contributed by atoms with Crippen LogP contribution in [0.3, 0.4) is 0 Å². The quantitative estimate of drug-likeness (QED) is 0.610. The topological polar surface area (TPSA) is 99.3 Å². The van der Waals surface area contributed by atoms with Crippen LogP contribution in [-0.2, 0) is 4.79 Å². The molecule has 0 spiro atoms. The van der Waals surface area contributed by atoms with E-state index in [1.165, 1.54) is 0 Å². The molecule has 0 aromatic heterocycles. The van der Waals surface area contributed by atoms with Crippen LogP contribution in [0, 0.1) is 0 Å². The Morgan fingerprint density at radius 3 is 2.33 bits per heavy atom. The number of anilines is 2. The molecule has 0 saturated carbocycles. The number of imide groups is 1. The zero-order valence-corrected chi connectivity index (χ0v) is 15.8. The average molecular weight is 389 g/mol. The van der Waals surface area contributed by atoms with Gasteiger partial charge in [0, 0.05) is 22.4 Å². The summed E-state index contributed by atoms with van der Waals surface area (Å²) in [5.74, 6) is -0.848. The molecule has 27 heavy (non-hydrogen) atoms. The number of hydrogen-bond acceptors (Lipinski definition) is 4. The molecule has 0 aliphatic heterocycles. The summed E-state index contributed by atoms with van der Waals surface area (Å²) in [5, 5.41) is 11.0. The van der Waals surface area contributed by atoms with Gasteiger partial charge in [0.15, 0.2) is 0 Å². The third-order valence-electron chi connectivity index (χ3n) is 3.39. The Bertz CT molecular complexity index is 822. The van der Waals surface area contributed by atoms with Crippen molar-refractivity contribution in [3.63, 3.8) is 0 Å². The number of carbonyl (C=O) groups is 3. The number of amides is 4. The van der Waals surface area contributed by atoms with Gasteiger partial charge in [0.25, 0.3) is 5.91 Å². The third kappa shape index (κ3) is 6.63. The molecule has 2 aromatic carbocycles. The first-order valence-corrected chi connectivity index (χ1v) is 8.73. The van der Waals surface area contributed by atoms with E-state index in [1.807, 2.05) is 0 Å². The van der Waals surface area contributed by atoms with Crippen molar-refractivity contribution in [1.82, 2.24) is 10.6 Å². The summed E-state index contributed by atoms with van der Waals surface area (Å²) in [7, 11) is 0. The lowest BCUT2D eigenvalue weighted by Gasteiger charge is -2.13. The first kappa shape index (κ1) is 20.3. The van der Waals surface area contributed by atoms with Crippen LogP contribution >= 0.6 is 11.6 Å². The van der Waals surface area contributed by atoms with Gasteiger partial charge in [0.2, 0.25) is 5.91 Å². The minimum absolute atomic E-state index is 0.0805. The van der Waals surface area contributed by atoms with E-state index in [-0.39, 0.29) is 18.5 Å². The number of benzene rings is 2. The number of nitrogens with one attached hydrogen (secondary N) is 4. The number of carbonyl (C=O) groups excluding carboxylic acids is 3. The molecular weight excluding hydrogens is 368 g/mol. The van der Waals surface area contributed by atoms with Gasteiger partial charge < -0.3 is 16.0 Å². The fourth-order valence-electron chi connectivity index (χ4n) is 2.21. The van der Waals surface area contributed by atoms with Crippen LogP contribution in [-0.4, -0.2) is 30.4 Å². The van der Waals surface area contributed by atoms with Gasteiger partial charge in [-0.05, 0) is 50.2 Å². The van der Waals surface area contributed by atoms with Crippen molar-refractivity contribution in [2.24, 2.45) is 0 Å². The first-order chi connectivity index (χ1) is 12.8. The summed E-state index contributed by atoms with van der Waals surface area (Å²) >= 11 is 5.84. The Labute approximate surface area is 162 Å². The normalized spacial score (nSPS) is 10.2. The molecule has 142 valence electrons. The number of hydrogen-bond donors (Lipinski definition) is 4. The Balaban J connectivity index is 1.98. The highest BCUT2D eigenvalue weighted by Crippen LogP contribution is 2.18. The van der Waals surface area contributed by atoms with E-state index in [2.05, 4.69) is 21.3 Å². The average Bonchev–Trinajstić information content (AvgIpc) is 2.61. The minimum Gasteiger partial charge on any atom is -0.375 e. The molecule has 4 N–H and O–H groups in total. The highest BCUT2D eigenvalue weighted by Gasteiger charge is 2.13. The van der Waals surface area contributed by atoms with Crippen molar-refractivity contribution in [2.45, 2.75) is 19.9 Å². The van der Waals surface area contributed by atoms with Crippen molar-refractivity contribution < 1.29 is 14.4 Å².